The average molecular weight is 442 g/mol. The fraction of sp³-hybridized carbons (Fsp3) is 0.792. The van der Waals surface area contributed by atoms with Gasteiger partial charge < -0.3 is 20.1 Å². The van der Waals surface area contributed by atoms with E-state index in [0.717, 1.165) is 51.7 Å². The lowest BCUT2D eigenvalue weighted by atomic mass is 10.1. The second-order valence-corrected chi connectivity index (χ2v) is 8.51. The van der Waals surface area contributed by atoms with Gasteiger partial charge >= 0.3 is 11.9 Å². The van der Waals surface area contributed by atoms with E-state index in [1.165, 1.54) is 25.7 Å². The normalized spacial score (nSPS) is 11.8. The van der Waals surface area contributed by atoms with Gasteiger partial charge in [0.15, 0.2) is 0 Å². The topological polar surface area (TPSA) is 115 Å². The number of carbonyl (C=O) groups excluding carboxylic acids is 1. The highest BCUT2D eigenvalue weighted by Crippen LogP contribution is 2.19. The van der Waals surface area contributed by atoms with E-state index < -0.39 is 17.9 Å². The van der Waals surface area contributed by atoms with Crippen LogP contribution in [0.2, 0.25) is 0 Å². The summed E-state index contributed by atoms with van der Waals surface area (Å²) >= 11 is 0. The predicted molar refractivity (Wildman–Crippen MR) is 119 cm³/mol. The van der Waals surface area contributed by atoms with Crippen LogP contribution >= 0.6 is 0 Å². The fourth-order valence-electron chi connectivity index (χ4n) is 3.82. The van der Waals surface area contributed by atoms with Crippen LogP contribution < -0.4 is 5.11 Å². The number of carbonyl (C=O) groups is 3. The van der Waals surface area contributed by atoms with Crippen molar-refractivity contribution < 1.29 is 34.2 Å². The van der Waals surface area contributed by atoms with Gasteiger partial charge in [-0.3, -0.25) is 14.1 Å². The van der Waals surface area contributed by atoms with Gasteiger partial charge in [0, 0.05) is 18.8 Å². The van der Waals surface area contributed by atoms with Crippen LogP contribution in [0.5, 0.6) is 0 Å². The second-order valence-electron chi connectivity index (χ2n) is 8.51. The Hall–Kier alpha value is -1.89. The molecular weight excluding hydrogens is 398 g/mol. The minimum Gasteiger partial charge on any atom is -0.550 e. The Bertz CT molecular complexity index is 477. The third kappa shape index (κ3) is 18.6. The average Bonchev–Trinajstić information content (AvgIpc) is 2.70. The third-order valence-corrected chi connectivity index (χ3v) is 5.62. The highest BCUT2D eigenvalue weighted by atomic mass is 16.4. The summed E-state index contributed by atoms with van der Waals surface area (Å²) in [5.41, 5.74) is 0. The van der Waals surface area contributed by atoms with Crippen molar-refractivity contribution in [2.24, 2.45) is 0 Å². The van der Waals surface area contributed by atoms with Crippen LogP contribution in [0.4, 0.5) is 0 Å². The predicted octanol–water partition coefficient (Wildman–Crippen LogP) is 4.11. The summed E-state index contributed by atoms with van der Waals surface area (Å²) in [4.78, 5) is 32.5. The molecule has 0 saturated heterocycles. The standard InChI is InChI=1S/C24H43NO6/c1-2-3-4-5-6-7-11-18-25(19-12-8-15-22(26)27,20-13-9-16-23(28)29)21-14-10-17-24(30)31/h11,18H,2-10,12-17,19-21H2,1H3,(H2-,26,27,28,29,30,31)/b18-11+. The van der Waals surface area contributed by atoms with E-state index in [2.05, 4.69) is 19.2 Å². The van der Waals surface area contributed by atoms with Crippen LogP contribution in [0.25, 0.3) is 0 Å². The summed E-state index contributed by atoms with van der Waals surface area (Å²) in [5.74, 6) is -2.63. The number of rotatable bonds is 22. The Morgan fingerprint density at radius 2 is 1.19 bits per heavy atom. The van der Waals surface area contributed by atoms with Gasteiger partial charge in [-0.15, -0.1) is 0 Å². The molecule has 0 amide bonds. The van der Waals surface area contributed by atoms with Crippen molar-refractivity contribution in [3.05, 3.63) is 12.3 Å². The van der Waals surface area contributed by atoms with Gasteiger partial charge in [0.05, 0.1) is 25.8 Å². The summed E-state index contributed by atoms with van der Waals surface area (Å²) in [6, 6.07) is 0. The molecule has 0 radical (unpaired) electrons. The maximum atomic E-state index is 10.9. The van der Waals surface area contributed by atoms with Gasteiger partial charge in [-0.1, -0.05) is 32.6 Å². The maximum absolute atomic E-state index is 10.9. The molecule has 0 aromatic heterocycles. The van der Waals surface area contributed by atoms with Crippen molar-refractivity contribution >= 4 is 17.9 Å². The summed E-state index contributed by atoms with van der Waals surface area (Å²) < 4.78 is 0.668. The molecule has 0 aliphatic heterocycles. The van der Waals surface area contributed by atoms with Crippen LogP contribution in [0.15, 0.2) is 12.3 Å². The molecule has 0 saturated carbocycles. The summed E-state index contributed by atoms with van der Waals surface area (Å²) in [7, 11) is 0. The molecule has 0 heterocycles. The Morgan fingerprint density at radius 1 is 0.710 bits per heavy atom. The lowest BCUT2D eigenvalue weighted by molar-refractivity contribution is -0.880. The molecule has 7 heteroatoms. The molecule has 2 N–H and O–H groups in total. The molecule has 180 valence electrons. The quantitative estimate of drug-likeness (QED) is 0.193. The molecule has 0 atom stereocenters. The molecule has 0 unspecified atom stereocenters. The van der Waals surface area contributed by atoms with Crippen molar-refractivity contribution in [3.8, 4) is 0 Å². The molecule has 0 spiro atoms. The fourth-order valence-corrected chi connectivity index (χ4v) is 3.82. The van der Waals surface area contributed by atoms with E-state index in [-0.39, 0.29) is 19.3 Å². The third-order valence-electron chi connectivity index (χ3n) is 5.62. The van der Waals surface area contributed by atoms with Crippen LogP contribution in [-0.2, 0) is 14.4 Å². The van der Waals surface area contributed by atoms with Crippen molar-refractivity contribution in [1.29, 1.82) is 0 Å². The number of nitrogens with zero attached hydrogens (tertiary/aromatic N) is 1. The van der Waals surface area contributed by atoms with Crippen molar-refractivity contribution in [2.75, 3.05) is 19.6 Å². The number of hydrogen-bond acceptors (Lipinski definition) is 4. The lowest BCUT2D eigenvalue weighted by Gasteiger charge is -2.35. The molecule has 7 nitrogen and oxygen atoms in total. The number of aliphatic carboxylic acids is 3. The van der Waals surface area contributed by atoms with Gasteiger partial charge in [-0.05, 0) is 63.9 Å². The number of unbranched alkanes of at least 4 members (excludes halogenated alkanes) is 8. The van der Waals surface area contributed by atoms with Gasteiger partial charge in [-0.25, -0.2) is 0 Å². The van der Waals surface area contributed by atoms with Crippen LogP contribution in [0.3, 0.4) is 0 Å². The van der Waals surface area contributed by atoms with Crippen LogP contribution in [-0.4, -0.2) is 52.2 Å². The first-order valence-corrected chi connectivity index (χ1v) is 12.0. The van der Waals surface area contributed by atoms with Gasteiger partial charge in [-0.2, -0.15) is 0 Å². The Balaban J connectivity index is 5.00. The minimum atomic E-state index is -1.04. The molecule has 0 aliphatic rings. The van der Waals surface area contributed by atoms with E-state index in [9.17, 15) is 19.5 Å². The smallest absolute Gasteiger partial charge is 0.303 e. The van der Waals surface area contributed by atoms with Crippen LogP contribution in [0, 0.1) is 0 Å². The largest absolute Gasteiger partial charge is 0.550 e. The highest BCUT2D eigenvalue weighted by Gasteiger charge is 2.24. The molecular formula is C24H43NO6. The molecule has 0 rings (SSSR count). The highest BCUT2D eigenvalue weighted by molar-refractivity contribution is 5.66. The molecule has 0 fully saturated rings. The Kier molecular flexibility index (Phi) is 17.7. The zero-order valence-corrected chi connectivity index (χ0v) is 19.4. The van der Waals surface area contributed by atoms with Crippen molar-refractivity contribution in [1.82, 2.24) is 0 Å². The molecule has 0 aromatic carbocycles. The number of carboxylic acids is 3. The zero-order valence-electron chi connectivity index (χ0n) is 19.4. The summed E-state index contributed by atoms with van der Waals surface area (Å²) in [6.45, 7) is 4.55. The maximum Gasteiger partial charge on any atom is 0.303 e. The first-order valence-electron chi connectivity index (χ1n) is 12.0. The summed E-state index contributed by atoms with van der Waals surface area (Å²) in [5, 5.41) is 28.6. The lowest BCUT2D eigenvalue weighted by Crippen LogP contribution is -2.45. The minimum absolute atomic E-state index is 0.0408. The van der Waals surface area contributed by atoms with E-state index >= 15 is 0 Å². The van der Waals surface area contributed by atoms with Crippen molar-refractivity contribution in [3.63, 3.8) is 0 Å². The number of allylic oxidation sites excluding steroid dienone is 1. The van der Waals surface area contributed by atoms with Crippen molar-refractivity contribution in [2.45, 2.75) is 103 Å². The van der Waals surface area contributed by atoms with Gasteiger partial charge in [0.25, 0.3) is 0 Å². The van der Waals surface area contributed by atoms with Crippen LogP contribution in [0.1, 0.15) is 103 Å². The molecule has 31 heavy (non-hydrogen) atoms. The SMILES string of the molecule is CCCCCCC/C=C/[N+](CCCCC(=O)[O-])(CCCCC(=O)O)CCCCC(=O)O. The Labute approximate surface area is 187 Å². The van der Waals surface area contributed by atoms with E-state index in [1.54, 1.807) is 0 Å². The number of quaternary nitrogens is 1. The first-order chi connectivity index (χ1) is 14.8. The van der Waals surface area contributed by atoms with E-state index in [1.807, 2.05) is 0 Å². The number of carboxylic acid groups (broad SMARTS) is 3. The van der Waals surface area contributed by atoms with Gasteiger partial charge in [0.1, 0.15) is 0 Å². The first kappa shape index (κ1) is 29.1. The molecule has 0 aliphatic carbocycles. The number of hydrogen-bond donors (Lipinski definition) is 2. The summed E-state index contributed by atoms with van der Waals surface area (Å²) in [6.07, 6.45) is 15.9. The van der Waals surface area contributed by atoms with E-state index in [0.29, 0.717) is 23.7 Å². The molecule has 0 bridgehead atoms. The van der Waals surface area contributed by atoms with Gasteiger partial charge in [0.2, 0.25) is 0 Å². The Morgan fingerprint density at radius 3 is 1.65 bits per heavy atom. The van der Waals surface area contributed by atoms with E-state index in [4.69, 9.17) is 10.2 Å². The second kappa shape index (κ2) is 18.8. The zero-order chi connectivity index (χ0) is 23.4. The molecule has 0 aromatic rings. The monoisotopic (exact) mass is 441 g/mol.